The maximum Gasteiger partial charge on any atom is 0.328 e. The molecule has 0 spiro atoms. The molecule has 7 nitrogen and oxygen atoms in total. The van der Waals surface area contributed by atoms with E-state index in [0.29, 0.717) is 19.6 Å². The second-order valence-electron chi connectivity index (χ2n) is 7.44. The first-order chi connectivity index (χ1) is 12.4. The molecule has 1 aromatic rings. The van der Waals surface area contributed by atoms with Crippen LogP contribution < -0.4 is 10.9 Å². The molecular formula is C19H27N3O4. The van der Waals surface area contributed by atoms with E-state index in [2.05, 4.69) is 5.32 Å². The molecule has 0 aromatic carbocycles. The monoisotopic (exact) mass is 361 g/mol. The SMILES string of the molecule is CC[C@H](C)[C@H](NC(=O)N1C[C@@H]2C[C@H](C1)c1cccc(=O)n1C2)C(=O)OC. The van der Waals surface area contributed by atoms with Crippen molar-refractivity contribution in [1.82, 2.24) is 14.8 Å². The number of hydrogen-bond donors (Lipinski definition) is 1. The highest BCUT2D eigenvalue weighted by molar-refractivity contribution is 5.84. The summed E-state index contributed by atoms with van der Waals surface area (Å²) in [6.07, 6.45) is 1.75. The van der Waals surface area contributed by atoms with Crippen molar-refractivity contribution >= 4 is 12.0 Å². The normalized spacial score (nSPS) is 23.6. The molecule has 7 heteroatoms. The highest BCUT2D eigenvalue weighted by atomic mass is 16.5. The van der Waals surface area contributed by atoms with E-state index < -0.39 is 12.0 Å². The van der Waals surface area contributed by atoms with Gasteiger partial charge in [-0.05, 0) is 24.3 Å². The molecule has 1 aromatic heterocycles. The molecule has 0 unspecified atom stereocenters. The zero-order chi connectivity index (χ0) is 18.8. The van der Waals surface area contributed by atoms with Crippen LogP contribution in [0.25, 0.3) is 0 Å². The molecule has 0 radical (unpaired) electrons. The van der Waals surface area contributed by atoms with E-state index in [1.54, 1.807) is 17.0 Å². The minimum absolute atomic E-state index is 0.00464. The van der Waals surface area contributed by atoms with Gasteiger partial charge in [-0.15, -0.1) is 0 Å². The van der Waals surface area contributed by atoms with E-state index in [0.717, 1.165) is 18.5 Å². The number of amides is 2. The molecular weight excluding hydrogens is 334 g/mol. The van der Waals surface area contributed by atoms with Crippen LogP contribution in [0, 0.1) is 11.8 Å². The summed E-state index contributed by atoms with van der Waals surface area (Å²) in [5.74, 6) is -0.00797. The molecule has 0 aliphatic carbocycles. The lowest BCUT2D eigenvalue weighted by molar-refractivity contribution is -0.144. The van der Waals surface area contributed by atoms with Gasteiger partial charge in [-0.3, -0.25) is 4.79 Å². The summed E-state index contributed by atoms with van der Waals surface area (Å²) in [5, 5.41) is 2.86. The minimum atomic E-state index is -0.644. The summed E-state index contributed by atoms with van der Waals surface area (Å²) in [6, 6.07) is 4.46. The summed E-state index contributed by atoms with van der Waals surface area (Å²) in [4.78, 5) is 38.7. The first kappa shape index (κ1) is 18.5. The van der Waals surface area contributed by atoms with Crippen molar-refractivity contribution in [2.45, 2.75) is 45.2 Å². The van der Waals surface area contributed by atoms with Crippen LogP contribution in [0.2, 0.25) is 0 Å². The van der Waals surface area contributed by atoms with Gasteiger partial charge in [-0.2, -0.15) is 0 Å². The van der Waals surface area contributed by atoms with Gasteiger partial charge in [0.15, 0.2) is 0 Å². The second-order valence-corrected chi connectivity index (χ2v) is 7.44. The topological polar surface area (TPSA) is 80.6 Å². The summed E-state index contributed by atoms with van der Waals surface area (Å²) in [5.41, 5.74) is 1.02. The van der Waals surface area contributed by atoms with E-state index in [1.807, 2.05) is 24.5 Å². The third-order valence-electron chi connectivity index (χ3n) is 5.71. The van der Waals surface area contributed by atoms with E-state index >= 15 is 0 Å². The highest BCUT2D eigenvalue weighted by Gasteiger charge is 2.37. The lowest BCUT2D eigenvalue weighted by Gasteiger charge is -2.43. The van der Waals surface area contributed by atoms with E-state index in [1.165, 1.54) is 7.11 Å². The van der Waals surface area contributed by atoms with Crippen LogP contribution in [0.1, 0.15) is 38.3 Å². The van der Waals surface area contributed by atoms with Gasteiger partial charge in [-0.1, -0.05) is 26.3 Å². The summed E-state index contributed by atoms with van der Waals surface area (Å²) in [7, 11) is 1.34. The fourth-order valence-corrected chi connectivity index (χ4v) is 4.08. The highest BCUT2D eigenvalue weighted by Crippen LogP contribution is 2.34. The maximum atomic E-state index is 12.8. The summed E-state index contributed by atoms with van der Waals surface area (Å²) >= 11 is 0. The largest absolute Gasteiger partial charge is 0.467 e. The average molecular weight is 361 g/mol. The molecule has 2 aliphatic rings. The van der Waals surface area contributed by atoms with Gasteiger partial charge in [0.05, 0.1) is 7.11 Å². The van der Waals surface area contributed by atoms with Gasteiger partial charge < -0.3 is 19.5 Å². The molecule has 26 heavy (non-hydrogen) atoms. The second kappa shape index (κ2) is 7.51. The number of hydrogen-bond acceptors (Lipinski definition) is 4. The number of urea groups is 1. The number of fused-ring (bicyclic) bond motifs is 4. The van der Waals surface area contributed by atoms with Crippen LogP contribution in [0.15, 0.2) is 23.0 Å². The lowest BCUT2D eigenvalue weighted by Crippen LogP contribution is -2.55. The molecule has 3 heterocycles. The number of aromatic nitrogens is 1. The zero-order valence-electron chi connectivity index (χ0n) is 15.6. The van der Waals surface area contributed by atoms with Crippen molar-refractivity contribution in [3.63, 3.8) is 0 Å². The number of piperidine rings is 1. The molecule has 1 saturated heterocycles. The first-order valence-corrected chi connectivity index (χ1v) is 9.27. The van der Waals surface area contributed by atoms with Gasteiger partial charge in [0.1, 0.15) is 6.04 Å². The number of nitrogens with one attached hydrogen (secondary N) is 1. The Morgan fingerprint density at radius 1 is 1.31 bits per heavy atom. The number of methoxy groups -OCH3 is 1. The Hall–Kier alpha value is -2.31. The van der Waals surface area contributed by atoms with E-state index in [4.69, 9.17) is 4.74 Å². The fourth-order valence-electron chi connectivity index (χ4n) is 4.08. The van der Waals surface area contributed by atoms with Crippen LogP contribution in [0.4, 0.5) is 4.79 Å². The number of pyridine rings is 1. The van der Waals surface area contributed by atoms with E-state index in [9.17, 15) is 14.4 Å². The quantitative estimate of drug-likeness (QED) is 0.826. The number of likely N-dealkylation sites (tertiary alicyclic amines) is 1. The Morgan fingerprint density at radius 3 is 2.77 bits per heavy atom. The Bertz CT molecular complexity index is 745. The van der Waals surface area contributed by atoms with Crippen molar-refractivity contribution in [3.8, 4) is 0 Å². The molecule has 4 atom stereocenters. The number of carbonyl (C=O) groups excluding carboxylic acids is 2. The van der Waals surface area contributed by atoms with Crippen molar-refractivity contribution < 1.29 is 14.3 Å². The lowest BCUT2D eigenvalue weighted by atomic mass is 9.83. The molecule has 142 valence electrons. The molecule has 2 amide bonds. The van der Waals surface area contributed by atoms with Crippen LogP contribution in [0.5, 0.6) is 0 Å². The average Bonchev–Trinajstić information content (AvgIpc) is 2.65. The summed E-state index contributed by atoms with van der Waals surface area (Å²) in [6.45, 7) is 5.70. The smallest absolute Gasteiger partial charge is 0.328 e. The number of carbonyl (C=O) groups is 2. The Labute approximate surface area is 153 Å². The number of nitrogens with zero attached hydrogens (tertiary/aromatic N) is 2. The minimum Gasteiger partial charge on any atom is -0.467 e. The van der Waals surface area contributed by atoms with Crippen molar-refractivity contribution in [2.24, 2.45) is 11.8 Å². The van der Waals surface area contributed by atoms with Crippen LogP contribution in [-0.4, -0.2) is 47.7 Å². The van der Waals surface area contributed by atoms with Crippen LogP contribution in [0.3, 0.4) is 0 Å². The molecule has 2 bridgehead atoms. The van der Waals surface area contributed by atoms with Crippen LogP contribution in [-0.2, 0) is 16.1 Å². The Kier molecular flexibility index (Phi) is 5.34. The summed E-state index contributed by atoms with van der Waals surface area (Å²) < 4.78 is 6.69. The Balaban J connectivity index is 1.74. The van der Waals surface area contributed by atoms with Gasteiger partial charge >= 0.3 is 12.0 Å². The number of esters is 1. The third-order valence-corrected chi connectivity index (χ3v) is 5.71. The predicted octanol–water partition coefficient (Wildman–Crippen LogP) is 1.56. The maximum absolute atomic E-state index is 12.8. The van der Waals surface area contributed by atoms with Crippen molar-refractivity contribution in [3.05, 3.63) is 34.2 Å². The van der Waals surface area contributed by atoms with Crippen molar-refractivity contribution in [2.75, 3.05) is 20.2 Å². The van der Waals surface area contributed by atoms with Crippen LogP contribution >= 0.6 is 0 Å². The fraction of sp³-hybridized carbons (Fsp3) is 0.632. The molecule has 2 aliphatic heterocycles. The van der Waals surface area contributed by atoms with Crippen molar-refractivity contribution in [1.29, 1.82) is 0 Å². The van der Waals surface area contributed by atoms with Gasteiger partial charge in [0.2, 0.25) is 0 Å². The number of ether oxygens (including phenoxy) is 1. The number of rotatable bonds is 4. The first-order valence-electron chi connectivity index (χ1n) is 9.27. The van der Waals surface area contributed by atoms with Gasteiger partial charge in [-0.25, -0.2) is 9.59 Å². The Morgan fingerprint density at radius 2 is 2.08 bits per heavy atom. The standard InChI is InChI=1S/C19H27N3O4/c1-4-12(2)17(18(24)26-3)20-19(25)21-9-13-8-14(11-21)15-6-5-7-16(23)22(15)10-13/h5-7,12-14,17H,4,8-11H2,1-3H3,(H,20,25)/t12-,13-,14+,17-/m0/s1. The van der Waals surface area contributed by atoms with Gasteiger partial charge in [0.25, 0.3) is 5.56 Å². The molecule has 1 fully saturated rings. The predicted molar refractivity (Wildman–Crippen MR) is 96.9 cm³/mol. The molecule has 3 rings (SSSR count). The van der Waals surface area contributed by atoms with E-state index in [-0.39, 0.29) is 29.3 Å². The molecule has 0 saturated carbocycles. The van der Waals surface area contributed by atoms with Gasteiger partial charge in [0, 0.05) is 37.3 Å². The third kappa shape index (κ3) is 3.48. The zero-order valence-corrected chi connectivity index (χ0v) is 15.6. The molecule has 1 N–H and O–H groups in total.